The smallest absolute Gasteiger partial charge is 0.307 e. The fraction of sp³-hybridized carbons (Fsp3) is 0.667. The van der Waals surface area contributed by atoms with Gasteiger partial charge in [0.25, 0.3) is 0 Å². The van der Waals surface area contributed by atoms with Crippen LogP contribution in [-0.2, 0) is 20.9 Å². The van der Waals surface area contributed by atoms with Gasteiger partial charge >= 0.3 is 5.97 Å². The molecule has 0 unspecified atom stereocenters. The van der Waals surface area contributed by atoms with Gasteiger partial charge in [-0.1, -0.05) is 6.42 Å². The molecule has 2 aliphatic rings. The molecule has 0 radical (unpaired) electrons. The molecule has 21 heavy (non-hydrogen) atoms. The highest BCUT2D eigenvalue weighted by Gasteiger charge is 2.52. The molecule has 1 amide bonds. The molecule has 2 heterocycles. The summed E-state index contributed by atoms with van der Waals surface area (Å²) in [4.78, 5) is 28.5. The number of esters is 1. The lowest BCUT2D eigenvalue weighted by atomic mass is 9.75. The highest BCUT2D eigenvalue weighted by atomic mass is 32.1. The van der Waals surface area contributed by atoms with Crippen LogP contribution >= 0.6 is 11.3 Å². The molecule has 1 aliphatic heterocycles. The van der Waals surface area contributed by atoms with Crippen molar-refractivity contribution >= 4 is 23.2 Å². The first kappa shape index (κ1) is 14.5. The summed E-state index contributed by atoms with van der Waals surface area (Å²) in [6, 6.07) is 0. The van der Waals surface area contributed by atoms with E-state index in [4.69, 9.17) is 4.74 Å². The number of aromatic nitrogens is 1. The molecule has 0 bridgehead atoms. The van der Waals surface area contributed by atoms with Gasteiger partial charge in [0.2, 0.25) is 5.91 Å². The average Bonchev–Trinajstić information content (AvgIpc) is 3.01. The number of nitrogens with one attached hydrogen (secondary N) is 1. The van der Waals surface area contributed by atoms with Crippen LogP contribution < -0.4 is 5.32 Å². The molecule has 1 aromatic rings. The minimum atomic E-state index is -0.543. The van der Waals surface area contributed by atoms with Crippen molar-refractivity contribution in [3.05, 3.63) is 16.1 Å². The Balaban J connectivity index is 1.66. The predicted molar refractivity (Wildman–Crippen MR) is 78.7 cm³/mol. The third-order valence-corrected chi connectivity index (χ3v) is 5.39. The first-order valence-corrected chi connectivity index (χ1v) is 8.38. The van der Waals surface area contributed by atoms with Gasteiger partial charge in [-0.2, -0.15) is 0 Å². The van der Waals surface area contributed by atoms with Gasteiger partial charge in [0.05, 0.1) is 18.9 Å². The van der Waals surface area contributed by atoms with Crippen molar-refractivity contribution < 1.29 is 14.3 Å². The Morgan fingerprint density at radius 1 is 1.48 bits per heavy atom. The summed E-state index contributed by atoms with van der Waals surface area (Å²) in [6.45, 7) is 2.36. The molecule has 2 fully saturated rings. The zero-order valence-electron chi connectivity index (χ0n) is 12.2. The summed E-state index contributed by atoms with van der Waals surface area (Å²) in [5.74, 6) is -0.649. The maximum atomic E-state index is 12.5. The van der Waals surface area contributed by atoms with Crippen LogP contribution in [-0.4, -0.2) is 22.5 Å². The van der Waals surface area contributed by atoms with Crippen molar-refractivity contribution in [1.29, 1.82) is 0 Å². The maximum Gasteiger partial charge on any atom is 0.307 e. The van der Waals surface area contributed by atoms with Gasteiger partial charge in [-0.25, -0.2) is 4.98 Å². The molecule has 0 aromatic carbocycles. The summed E-state index contributed by atoms with van der Waals surface area (Å²) >= 11 is 1.54. The Morgan fingerprint density at radius 2 is 2.24 bits per heavy atom. The van der Waals surface area contributed by atoms with Crippen LogP contribution in [0.5, 0.6) is 0 Å². The second kappa shape index (κ2) is 5.75. The Morgan fingerprint density at radius 3 is 2.90 bits per heavy atom. The fourth-order valence-electron chi connectivity index (χ4n) is 3.39. The molecule has 1 aliphatic carbocycles. The monoisotopic (exact) mass is 308 g/mol. The molecule has 1 spiro atoms. The number of carbonyl (C=O) groups excluding carboxylic acids is 2. The molecule has 114 valence electrons. The van der Waals surface area contributed by atoms with Crippen molar-refractivity contribution in [3.8, 4) is 0 Å². The van der Waals surface area contributed by atoms with Crippen LogP contribution in [0.1, 0.15) is 49.2 Å². The minimum Gasteiger partial charge on any atom is -0.458 e. The number of rotatable bonds is 3. The second-order valence-corrected chi connectivity index (χ2v) is 6.90. The highest BCUT2D eigenvalue weighted by molar-refractivity contribution is 7.09. The molecule has 1 N–H and O–H groups in total. The number of nitrogens with zero attached hydrogens (tertiary/aromatic N) is 1. The third-order valence-electron chi connectivity index (χ3n) is 4.42. The zero-order valence-corrected chi connectivity index (χ0v) is 13.0. The number of carbonyl (C=O) groups is 2. The van der Waals surface area contributed by atoms with E-state index >= 15 is 0 Å². The van der Waals surface area contributed by atoms with Crippen LogP contribution in [0.2, 0.25) is 0 Å². The van der Waals surface area contributed by atoms with Crippen LogP contribution in [0.15, 0.2) is 5.38 Å². The van der Waals surface area contributed by atoms with E-state index in [1.165, 1.54) is 11.3 Å². The normalized spacial score (nSPS) is 24.0. The number of hydrogen-bond donors (Lipinski definition) is 1. The molecule has 1 aromatic heterocycles. The van der Waals surface area contributed by atoms with Crippen molar-refractivity contribution in [2.45, 2.75) is 57.6 Å². The number of ether oxygens (including phenoxy) is 1. The quantitative estimate of drug-likeness (QED) is 0.870. The van der Waals surface area contributed by atoms with E-state index in [9.17, 15) is 9.59 Å². The van der Waals surface area contributed by atoms with E-state index in [1.807, 2.05) is 12.3 Å². The Kier molecular flexibility index (Phi) is 3.97. The molecular weight excluding hydrogens is 288 g/mol. The lowest BCUT2D eigenvalue weighted by Crippen LogP contribution is -2.45. The summed E-state index contributed by atoms with van der Waals surface area (Å²) in [5.41, 5.74) is 0.422. The topological polar surface area (TPSA) is 68.3 Å². The van der Waals surface area contributed by atoms with Gasteiger partial charge in [-0.05, 0) is 32.6 Å². The van der Waals surface area contributed by atoms with E-state index in [-0.39, 0.29) is 24.2 Å². The van der Waals surface area contributed by atoms with E-state index in [0.29, 0.717) is 6.54 Å². The van der Waals surface area contributed by atoms with Crippen molar-refractivity contribution in [2.75, 3.05) is 0 Å². The summed E-state index contributed by atoms with van der Waals surface area (Å²) in [6.07, 6.45) is 5.06. The van der Waals surface area contributed by atoms with Crippen molar-refractivity contribution in [2.24, 2.45) is 5.92 Å². The predicted octanol–water partition coefficient (Wildman–Crippen LogP) is 2.33. The van der Waals surface area contributed by atoms with E-state index in [1.54, 1.807) is 0 Å². The maximum absolute atomic E-state index is 12.5. The van der Waals surface area contributed by atoms with Crippen LogP contribution in [0.4, 0.5) is 0 Å². The second-order valence-electron chi connectivity index (χ2n) is 5.96. The van der Waals surface area contributed by atoms with E-state index in [0.717, 1.165) is 42.8 Å². The number of hydrogen-bond acceptors (Lipinski definition) is 5. The van der Waals surface area contributed by atoms with Crippen molar-refractivity contribution in [3.63, 3.8) is 0 Å². The van der Waals surface area contributed by atoms with E-state index < -0.39 is 5.60 Å². The van der Waals surface area contributed by atoms with Crippen LogP contribution in [0, 0.1) is 12.8 Å². The third kappa shape index (κ3) is 2.95. The summed E-state index contributed by atoms with van der Waals surface area (Å²) in [5, 5.41) is 5.78. The van der Waals surface area contributed by atoms with Gasteiger partial charge in [0, 0.05) is 11.1 Å². The van der Waals surface area contributed by atoms with Gasteiger partial charge < -0.3 is 10.1 Å². The zero-order chi connectivity index (χ0) is 14.9. The molecule has 1 atom stereocenters. The van der Waals surface area contributed by atoms with Crippen LogP contribution in [0.25, 0.3) is 0 Å². The Bertz CT molecular complexity index is 549. The largest absolute Gasteiger partial charge is 0.458 e. The molecule has 1 saturated carbocycles. The fourth-order valence-corrected chi connectivity index (χ4v) is 4.11. The van der Waals surface area contributed by atoms with Gasteiger partial charge in [-0.15, -0.1) is 11.3 Å². The molecular formula is C15H20N2O3S. The lowest BCUT2D eigenvalue weighted by molar-refractivity contribution is -0.153. The highest BCUT2D eigenvalue weighted by Crippen LogP contribution is 2.44. The summed E-state index contributed by atoms with van der Waals surface area (Å²) < 4.78 is 5.57. The summed E-state index contributed by atoms with van der Waals surface area (Å²) in [7, 11) is 0. The Hall–Kier alpha value is -1.43. The molecule has 3 rings (SSSR count). The van der Waals surface area contributed by atoms with Gasteiger partial charge in [0.15, 0.2) is 0 Å². The molecule has 5 nitrogen and oxygen atoms in total. The SMILES string of the molecule is Cc1csc(CNC(=O)[C@H]2CC(=O)OC23CCCCC3)n1. The number of thiazole rings is 1. The van der Waals surface area contributed by atoms with Gasteiger partial charge in [-0.3, -0.25) is 9.59 Å². The first-order valence-electron chi connectivity index (χ1n) is 7.50. The Labute approximate surface area is 128 Å². The number of aryl methyl sites for hydroxylation is 1. The standard InChI is InChI=1S/C15H20N2O3S/c1-10-9-21-12(17-10)8-16-14(19)11-7-13(18)20-15(11)5-3-2-4-6-15/h9,11H,2-8H2,1H3,(H,16,19)/t11-/m1/s1. The lowest BCUT2D eigenvalue weighted by Gasteiger charge is -2.35. The first-order chi connectivity index (χ1) is 10.1. The minimum absolute atomic E-state index is 0.0735. The average molecular weight is 308 g/mol. The molecule has 6 heteroatoms. The van der Waals surface area contributed by atoms with E-state index in [2.05, 4.69) is 10.3 Å². The molecule has 1 saturated heterocycles. The van der Waals surface area contributed by atoms with Crippen LogP contribution in [0.3, 0.4) is 0 Å². The van der Waals surface area contributed by atoms with Gasteiger partial charge in [0.1, 0.15) is 10.6 Å². The number of amides is 1. The van der Waals surface area contributed by atoms with Crippen molar-refractivity contribution in [1.82, 2.24) is 10.3 Å².